The van der Waals surface area contributed by atoms with Gasteiger partial charge in [-0.3, -0.25) is 4.79 Å². The van der Waals surface area contributed by atoms with E-state index in [0.717, 1.165) is 25.0 Å². The third-order valence-corrected chi connectivity index (χ3v) is 3.49. The van der Waals surface area contributed by atoms with E-state index in [1.165, 1.54) is 0 Å². The molecule has 0 aliphatic heterocycles. The van der Waals surface area contributed by atoms with Crippen LogP contribution in [-0.2, 0) is 0 Å². The number of carbonyl (C=O) groups excluding carboxylic acids is 1. The first-order valence-corrected chi connectivity index (χ1v) is 6.81. The monoisotopic (exact) mass is 263 g/mol. The van der Waals surface area contributed by atoms with Crippen molar-refractivity contribution in [2.45, 2.75) is 26.2 Å². The molecule has 0 aromatic heterocycles. The van der Waals surface area contributed by atoms with Crippen molar-refractivity contribution >= 4 is 5.91 Å². The first-order valence-electron chi connectivity index (χ1n) is 6.81. The lowest BCUT2D eigenvalue weighted by atomic mass is 10.1. The Labute approximate surface area is 113 Å². The standard InChI is InChI=1S/C15H21NO3/c1-2-8-19-13-5-3-4-12(9-13)14(18)16-10-15(11-17)6-7-15/h3-5,9,17H,2,6-8,10-11H2,1H3,(H,16,18). The molecule has 1 aromatic carbocycles. The minimum Gasteiger partial charge on any atom is -0.494 e. The average molecular weight is 263 g/mol. The van der Waals surface area contributed by atoms with Crippen molar-refractivity contribution in [2.24, 2.45) is 5.41 Å². The lowest BCUT2D eigenvalue weighted by Gasteiger charge is -2.13. The molecule has 1 amide bonds. The van der Waals surface area contributed by atoms with Gasteiger partial charge in [-0.05, 0) is 37.5 Å². The normalized spacial score (nSPS) is 15.9. The van der Waals surface area contributed by atoms with E-state index in [-0.39, 0.29) is 17.9 Å². The van der Waals surface area contributed by atoms with Crippen molar-refractivity contribution in [2.75, 3.05) is 19.8 Å². The summed E-state index contributed by atoms with van der Waals surface area (Å²) in [5.74, 6) is 0.611. The minimum atomic E-state index is -0.110. The zero-order valence-electron chi connectivity index (χ0n) is 11.3. The minimum absolute atomic E-state index is 0.0635. The molecule has 0 saturated heterocycles. The van der Waals surface area contributed by atoms with E-state index in [9.17, 15) is 9.90 Å². The van der Waals surface area contributed by atoms with Crippen LogP contribution in [0.25, 0.3) is 0 Å². The number of amides is 1. The maximum absolute atomic E-state index is 12.0. The van der Waals surface area contributed by atoms with E-state index in [1.807, 2.05) is 19.1 Å². The molecule has 19 heavy (non-hydrogen) atoms. The fourth-order valence-corrected chi connectivity index (χ4v) is 1.88. The number of carbonyl (C=O) groups is 1. The third kappa shape index (κ3) is 3.70. The second-order valence-electron chi connectivity index (χ2n) is 5.22. The lowest BCUT2D eigenvalue weighted by Crippen LogP contribution is -2.31. The topological polar surface area (TPSA) is 58.6 Å². The highest BCUT2D eigenvalue weighted by Gasteiger charge is 2.42. The third-order valence-electron chi connectivity index (χ3n) is 3.49. The summed E-state index contributed by atoms with van der Waals surface area (Å²) in [5.41, 5.74) is 0.536. The van der Waals surface area contributed by atoms with E-state index in [1.54, 1.807) is 12.1 Å². The number of hydrogen-bond donors (Lipinski definition) is 2. The van der Waals surface area contributed by atoms with Crippen LogP contribution in [-0.4, -0.2) is 30.8 Å². The molecular formula is C15H21NO3. The summed E-state index contributed by atoms with van der Waals surface area (Å²) in [6, 6.07) is 7.19. The van der Waals surface area contributed by atoms with Gasteiger partial charge in [0.15, 0.2) is 0 Å². The Morgan fingerprint density at radius 1 is 1.47 bits per heavy atom. The summed E-state index contributed by atoms with van der Waals surface area (Å²) in [7, 11) is 0. The van der Waals surface area contributed by atoms with Crippen LogP contribution in [0.3, 0.4) is 0 Å². The number of nitrogens with one attached hydrogen (secondary N) is 1. The fraction of sp³-hybridized carbons (Fsp3) is 0.533. The van der Waals surface area contributed by atoms with Crippen molar-refractivity contribution in [1.82, 2.24) is 5.32 Å². The van der Waals surface area contributed by atoms with Crippen LogP contribution in [0, 0.1) is 5.41 Å². The van der Waals surface area contributed by atoms with Crippen LogP contribution in [0.15, 0.2) is 24.3 Å². The zero-order valence-corrected chi connectivity index (χ0v) is 11.3. The Hall–Kier alpha value is -1.55. The molecule has 0 radical (unpaired) electrons. The Balaban J connectivity index is 1.91. The highest BCUT2D eigenvalue weighted by Crippen LogP contribution is 2.44. The van der Waals surface area contributed by atoms with Crippen molar-refractivity contribution < 1.29 is 14.6 Å². The SMILES string of the molecule is CCCOc1cccc(C(=O)NCC2(CO)CC2)c1. The summed E-state index contributed by atoms with van der Waals surface area (Å²) < 4.78 is 5.50. The van der Waals surface area contributed by atoms with Crippen molar-refractivity contribution in [3.63, 3.8) is 0 Å². The quantitative estimate of drug-likeness (QED) is 0.791. The first-order chi connectivity index (χ1) is 9.19. The Bertz CT molecular complexity index is 441. The number of benzene rings is 1. The molecule has 0 spiro atoms. The van der Waals surface area contributed by atoms with Gasteiger partial charge in [-0.1, -0.05) is 13.0 Å². The van der Waals surface area contributed by atoms with Crippen LogP contribution in [0.5, 0.6) is 5.75 Å². The Morgan fingerprint density at radius 2 is 2.26 bits per heavy atom. The molecule has 2 rings (SSSR count). The van der Waals surface area contributed by atoms with Gasteiger partial charge in [-0.2, -0.15) is 0 Å². The molecule has 1 aliphatic rings. The largest absolute Gasteiger partial charge is 0.494 e. The number of ether oxygens (including phenoxy) is 1. The highest BCUT2D eigenvalue weighted by molar-refractivity contribution is 5.94. The predicted octanol–water partition coefficient (Wildman–Crippen LogP) is 1.98. The summed E-state index contributed by atoms with van der Waals surface area (Å²) in [6.07, 6.45) is 2.92. The number of aliphatic hydroxyl groups excluding tert-OH is 1. The van der Waals surface area contributed by atoms with E-state index in [4.69, 9.17) is 4.74 Å². The number of rotatable bonds is 7. The highest BCUT2D eigenvalue weighted by atomic mass is 16.5. The summed E-state index contributed by atoms with van der Waals surface area (Å²) in [4.78, 5) is 12.0. The van der Waals surface area contributed by atoms with Gasteiger partial charge in [0.2, 0.25) is 0 Å². The maximum Gasteiger partial charge on any atom is 0.251 e. The molecule has 1 aromatic rings. The predicted molar refractivity (Wildman–Crippen MR) is 73.3 cm³/mol. The summed E-state index contributed by atoms with van der Waals surface area (Å²) in [6.45, 7) is 3.38. The molecule has 0 heterocycles. The molecule has 1 fully saturated rings. The Kier molecular flexibility index (Phi) is 4.43. The first kappa shape index (κ1) is 13.9. The van der Waals surface area contributed by atoms with E-state index in [2.05, 4.69) is 5.32 Å². The van der Waals surface area contributed by atoms with Gasteiger partial charge in [-0.15, -0.1) is 0 Å². The van der Waals surface area contributed by atoms with Crippen molar-refractivity contribution in [3.8, 4) is 5.75 Å². The maximum atomic E-state index is 12.0. The molecule has 1 saturated carbocycles. The molecular weight excluding hydrogens is 242 g/mol. The molecule has 1 aliphatic carbocycles. The Morgan fingerprint density at radius 3 is 2.89 bits per heavy atom. The summed E-state index contributed by atoms with van der Waals surface area (Å²) in [5, 5.41) is 12.1. The van der Waals surface area contributed by atoms with Crippen LogP contribution in [0.1, 0.15) is 36.5 Å². The van der Waals surface area contributed by atoms with E-state index in [0.29, 0.717) is 18.7 Å². The molecule has 2 N–H and O–H groups in total. The zero-order chi connectivity index (χ0) is 13.7. The smallest absolute Gasteiger partial charge is 0.251 e. The van der Waals surface area contributed by atoms with Crippen LogP contribution < -0.4 is 10.1 Å². The van der Waals surface area contributed by atoms with Gasteiger partial charge in [0.05, 0.1) is 13.2 Å². The number of aliphatic hydroxyl groups is 1. The molecule has 4 heteroatoms. The van der Waals surface area contributed by atoms with Gasteiger partial charge in [0, 0.05) is 17.5 Å². The van der Waals surface area contributed by atoms with E-state index < -0.39 is 0 Å². The van der Waals surface area contributed by atoms with Gasteiger partial charge >= 0.3 is 0 Å². The van der Waals surface area contributed by atoms with Gasteiger partial charge in [-0.25, -0.2) is 0 Å². The molecule has 4 nitrogen and oxygen atoms in total. The second kappa shape index (κ2) is 6.06. The van der Waals surface area contributed by atoms with Gasteiger partial charge in [0.1, 0.15) is 5.75 Å². The van der Waals surface area contributed by atoms with Crippen LogP contribution in [0.4, 0.5) is 0 Å². The van der Waals surface area contributed by atoms with Crippen LogP contribution >= 0.6 is 0 Å². The summed E-state index contributed by atoms with van der Waals surface area (Å²) >= 11 is 0. The van der Waals surface area contributed by atoms with Crippen LogP contribution in [0.2, 0.25) is 0 Å². The fourth-order valence-electron chi connectivity index (χ4n) is 1.88. The van der Waals surface area contributed by atoms with Crippen molar-refractivity contribution in [1.29, 1.82) is 0 Å². The molecule has 0 unspecified atom stereocenters. The van der Waals surface area contributed by atoms with Crippen molar-refractivity contribution in [3.05, 3.63) is 29.8 Å². The average Bonchev–Trinajstić information content (AvgIpc) is 3.23. The number of hydrogen-bond acceptors (Lipinski definition) is 3. The van der Waals surface area contributed by atoms with E-state index >= 15 is 0 Å². The second-order valence-corrected chi connectivity index (χ2v) is 5.22. The molecule has 0 atom stereocenters. The molecule has 0 bridgehead atoms. The molecule has 104 valence electrons. The van der Waals surface area contributed by atoms with Gasteiger partial charge in [0.25, 0.3) is 5.91 Å². The lowest BCUT2D eigenvalue weighted by molar-refractivity contribution is 0.0934. The van der Waals surface area contributed by atoms with Gasteiger partial charge < -0.3 is 15.2 Å².